The van der Waals surface area contributed by atoms with Crippen molar-refractivity contribution in [1.82, 2.24) is 10.3 Å². The fourth-order valence-corrected chi connectivity index (χ4v) is 2.57. The number of aromatic nitrogens is 1. The summed E-state index contributed by atoms with van der Waals surface area (Å²) in [4.78, 5) is 28.1. The summed E-state index contributed by atoms with van der Waals surface area (Å²) in [5, 5.41) is 7.47. The van der Waals surface area contributed by atoms with E-state index >= 15 is 0 Å². The Kier molecular flexibility index (Phi) is 4.84. The lowest BCUT2D eigenvalue weighted by Gasteiger charge is -2.16. The van der Waals surface area contributed by atoms with Crippen LogP contribution in [-0.4, -0.2) is 16.8 Å². The maximum Gasteiger partial charge on any atom is 0.226 e. The number of rotatable bonds is 5. The fourth-order valence-electron chi connectivity index (χ4n) is 1.79. The summed E-state index contributed by atoms with van der Waals surface area (Å²) >= 11 is 1.51. The molecule has 6 heteroatoms. The zero-order valence-electron chi connectivity index (χ0n) is 11.0. The van der Waals surface area contributed by atoms with Crippen molar-refractivity contribution >= 4 is 28.8 Å². The van der Waals surface area contributed by atoms with Gasteiger partial charge in [0.15, 0.2) is 0 Å². The van der Waals surface area contributed by atoms with Crippen LogP contribution in [0.3, 0.4) is 0 Å². The van der Waals surface area contributed by atoms with E-state index in [0.29, 0.717) is 5.69 Å². The minimum atomic E-state index is -0.302. The quantitative estimate of drug-likeness (QED) is 0.887. The number of hydrogen-bond donors (Lipinski definition) is 2. The highest BCUT2D eigenvalue weighted by atomic mass is 32.1. The molecule has 0 aromatic carbocycles. The van der Waals surface area contributed by atoms with E-state index in [0.717, 1.165) is 4.88 Å². The third-order valence-corrected chi connectivity index (χ3v) is 3.58. The van der Waals surface area contributed by atoms with Gasteiger partial charge in [-0.05, 0) is 23.6 Å². The number of carbonyl (C=O) groups excluding carboxylic acids is 2. The number of carbonyl (C=O) groups is 2. The highest BCUT2D eigenvalue weighted by Gasteiger charge is 2.18. The Morgan fingerprint density at radius 2 is 2.20 bits per heavy atom. The van der Waals surface area contributed by atoms with Crippen LogP contribution in [0, 0.1) is 0 Å². The summed E-state index contributed by atoms with van der Waals surface area (Å²) in [7, 11) is 0. The number of thiophene rings is 1. The second-order valence-corrected chi connectivity index (χ2v) is 5.24. The predicted molar refractivity (Wildman–Crippen MR) is 78.4 cm³/mol. The van der Waals surface area contributed by atoms with Gasteiger partial charge in [0.05, 0.1) is 24.3 Å². The van der Waals surface area contributed by atoms with Crippen molar-refractivity contribution in [2.45, 2.75) is 19.4 Å². The normalized spacial score (nSPS) is 11.7. The van der Waals surface area contributed by atoms with Gasteiger partial charge < -0.3 is 10.6 Å². The molecule has 0 aliphatic rings. The zero-order valence-corrected chi connectivity index (χ0v) is 11.8. The van der Waals surface area contributed by atoms with Crippen molar-refractivity contribution in [3.8, 4) is 0 Å². The molecule has 0 aliphatic carbocycles. The molecular weight excluding hydrogens is 274 g/mol. The van der Waals surface area contributed by atoms with E-state index in [1.54, 1.807) is 24.5 Å². The molecule has 2 heterocycles. The smallest absolute Gasteiger partial charge is 0.226 e. The molecule has 2 aromatic rings. The monoisotopic (exact) mass is 289 g/mol. The molecule has 0 spiro atoms. The van der Waals surface area contributed by atoms with Crippen LogP contribution in [0.2, 0.25) is 0 Å². The van der Waals surface area contributed by atoms with Crippen LogP contribution in [-0.2, 0) is 9.59 Å². The Morgan fingerprint density at radius 3 is 2.80 bits per heavy atom. The fraction of sp³-hybridized carbons (Fsp3) is 0.214. The molecule has 2 aromatic heterocycles. The van der Waals surface area contributed by atoms with Crippen LogP contribution < -0.4 is 10.6 Å². The molecule has 0 saturated heterocycles. The Bertz CT molecular complexity index is 569. The van der Waals surface area contributed by atoms with Gasteiger partial charge in [-0.25, -0.2) is 0 Å². The van der Waals surface area contributed by atoms with E-state index in [-0.39, 0.29) is 24.3 Å². The van der Waals surface area contributed by atoms with Gasteiger partial charge in [-0.2, -0.15) is 0 Å². The second kappa shape index (κ2) is 6.81. The third kappa shape index (κ3) is 4.17. The molecule has 20 heavy (non-hydrogen) atoms. The highest BCUT2D eigenvalue weighted by Crippen LogP contribution is 2.22. The molecule has 0 bridgehead atoms. The first-order valence-corrected chi connectivity index (χ1v) is 7.03. The molecule has 5 nitrogen and oxygen atoms in total. The Balaban J connectivity index is 2.00. The number of amides is 2. The van der Waals surface area contributed by atoms with Gasteiger partial charge >= 0.3 is 0 Å². The van der Waals surface area contributed by atoms with E-state index in [1.165, 1.54) is 18.3 Å². The van der Waals surface area contributed by atoms with E-state index in [2.05, 4.69) is 15.6 Å². The molecule has 0 radical (unpaired) electrons. The maximum atomic E-state index is 12.0. The molecule has 0 fully saturated rings. The number of anilines is 1. The summed E-state index contributed by atoms with van der Waals surface area (Å²) in [6, 6.07) is 7.02. The van der Waals surface area contributed by atoms with Crippen LogP contribution in [0.15, 0.2) is 42.0 Å². The maximum absolute atomic E-state index is 12.0. The van der Waals surface area contributed by atoms with Gasteiger partial charge in [-0.1, -0.05) is 6.07 Å². The minimum Gasteiger partial charge on any atom is -0.348 e. The van der Waals surface area contributed by atoms with Crippen molar-refractivity contribution in [2.24, 2.45) is 0 Å². The SMILES string of the molecule is CC(=O)NC(CC(=O)Nc1cccnc1)c1cccs1. The molecule has 2 rings (SSSR count). The zero-order chi connectivity index (χ0) is 14.4. The molecule has 0 saturated carbocycles. The first-order valence-electron chi connectivity index (χ1n) is 6.15. The van der Waals surface area contributed by atoms with E-state index in [4.69, 9.17) is 0 Å². The number of nitrogens with one attached hydrogen (secondary N) is 2. The van der Waals surface area contributed by atoms with Crippen molar-refractivity contribution in [3.63, 3.8) is 0 Å². The van der Waals surface area contributed by atoms with Gasteiger partial charge in [0.25, 0.3) is 0 Å². The second-order valence-electron chi connectivity index (χ2n) is 4.26. The van der Waals surface area contributed by atoms with Gasteiger partial charge in [-0.15, -0.1) is 11.3 Å². The van der Waals surface area contributed by atoms with Crippen molar-refractivity contribution in [1.29, 1.82) is 0 Å². The summed E-state index contributed by atoms with van der Waals surface area (Å²) in [5.41, 5.74) is 0.644. The van der Waals surface area contributed by atoms with Crippen LogP contribution in [0.4, 0.5) is 5.69 Å². The first kappa shape index (κ1) is 14.2. The molecule has 104 valence electrons. The van der Waals surface area contributed by atoms with Crippen molar-refractivity contribution in [2.75, 3.05) is 5.32 Å². The van der Waals surface area contributed by atoms with E-state index < -0.39 is 0 Å². The van der Waals surface area contributed by atoms with Crippen LogP contribution in [0.1, 0.15) is 24.3 Å². The molecule has 1 atom stereocenters. The summed E-state index contributed by atoms with van der Waals surface area (Å²) in [6.45, 7) is 1.44. The highest BCUT2D eigenvalue weighted by molar-refractivity contribution is 7.10. The summed E-state index contributed by atoms with van der Waals surface area (Å²) < 4.78 is 0. The van der Waals surface area contributed by atoms with Crippen molar-refractivity contribution in [3.05, 3.63) is 46.9 Å². The van der Waals surface area contributed by atoms with E-state index in [1.807, 2.05) is 17.5 Å². The molecule has 1 unspecified atom stereocenters. The summed E-state index contributed by atoms with van der Waals surface area (Å²) in [6.07, 6.45) is 3.41. The standard InChI is InChI=1S/C14H15N3O2S/c1-10(18)16-12(13-5-3-7-20-13)8-14(19)17-11-4-2-6-15-9-11/h2-7,9,12H,8H2,1H3,(H,16,18)(H,17,19). The lowest BCUT2D eigenvalue weighted by atomic mass is 10.1. The molecular formula is C14H15N3O2S. The van der Waals surface area contributed by atoms with Crippen molar-refractivity contribution < 1.29 is 9.59 Å². The average Bonchev–Trinajstić information content (AvgIpc) is 2.92. The third-order valence-electron chi connectivity index (χ3n) is 2.60. The number of nitrogens with zero attached hydrogens (tertiary/aromatic N) is 1. The average molecular weight is 289 g/mol. The van der Waals surface area contributed by atoms with Crippen LogP contribution in [0.5, 0.6) is 0 Å². The molecule has 2 N–H and O–H groups in total. The van der Waals surface area contributed by atoms with Gasteiger partial charge in [0.1, 0.15) is 0 Å². The van der Waals surface area contributed by atoms with Gasteiger partial charge in [0.2, 0.25) is 11.8 Å². The number of hydrogen-bond acceptors (Lipinski definition) is 4. The van der Waals surface area contributed by atoms with Gasteiger partial charge in [-0.3, -0.25) is 14.6 Å². The molecule has 2 amide bonds. The lowest BCUT2D eigenvalue weighted by Crippen LogP contribution is -2.29. The first-order chi connectivity index (χ1) is 9.65. The van der Waals surface area contributed by atoms with Gasteiger partial charge in [0, 0.05) is 18.0 Å². The Morgan fingerprint density at radius 1 is 1.35 bits per heavy atom. The van der Waals surface area contributed by atoms with Crippen LogP contribution in [0.25, 0.3) is 0 Å². The predicted octanol–water partition coefficient (Wildman–Crippen LogP) is 2.35. The van der Waals surface area contributed by atoms with E-state index in [9.17, 15) is 9.59 Å². The molecule has 0 aliphatic heterocycles. The van der Waals surface area contributed by atoms with Crippen LogP contribution >= 0.6 is 11.3 Å². The lowest BCUT2D eigenvalue weighted by molar-refractivity contribution is -0.120. The number of pyridine rings is 1. The Hall–Kier alpha value is -2.21. The Labute approximate surface area is 121 Å². The summed E-state index contributed by atoms with van der Waals surface area (Å²) in [5.74, 6) is -0.317. The topological polar surface area (TPSA) is 71.1 Å². The minimum absolute atomic E-state index is 0.155. The largest absolute Gasteiger partial charge is 0.348 e.